The lowest BCUT2D eigenvalue weighted by Crippen LogP contribution is -2.35. The van der Waals surface area contributed by atoms with E-state index in [-0.39, 0.29) is 5.97 Å². The van der Waals surface area contributed by atoms with E-state index in [1.807, 2.05) is 0 Å². The van der Waals surface area contributed by atoms with Gasteiger partial charge >= 0.3 is 5.97 Å². The first-order chi connectivity index (χ1) is 13.5. The molecule has 0 saturated heterocycles. The summed E-state index contributed by atoms with van der Waals surface area (Å²) in [5.41, 5.74) is 0. The molecule has 0 heterocycles. The fourth-order valence-corrected chi connectivity index (χ4v) is 3.31. The van der Waals surface area contributed by atoms with Crippen LogP contribution in [0.3, 0.4) is 0 Å². The summed E-state index contributed by atoms with van der Waals surface area (Å²) in [6.45, 7) is 3.89. The molecule has 3 heteroatoms. The third-order valence-electron chi connectivity index (χ3n) is 5.13. The van der Waals surface area contributed by atoms with Gasteiger partial charge in [0, 0.05) is 6.42 Å². The van der Waals surface area contributed by atoms with E-state index in [9.17, 15) is 4.79 Å². The van der Waals surface area contributed by atoms with Crippen molar-refractivity contribution in [3.8, 4) is 0 Å². The van der Waals surface area contributed by atoms with Gasteiger partial charge in [-0.05, 0) is 32.1 Å². The molecule has 0 atom stereocenters. The number of unbranched alkanes of at least 4 members (excludes halogenated alkanes) is 12. The predicted octanol–water partition coefficient (Wildman–Crippen LogP) is 7.05. The molecule has 0 fully saturated rings. The molecule has 0 aromatic carbocycles. The lowest BCUT2D eigenvalue weighted by molar-refractivity contribution is -0.870. The Hall–Kier alpha value is -0.830. The van der Waals surface area contributed by atoms with Crippen LogP contribution in [-0.4, -0.2) is 44.7 Å². The van der Waals surface area contributed by atoms with Crippen molar-refractivity contribution in [2.75, 3.05) is 34.3 Å². The van der Waals surface area contributed by atoms with Gasteiger partial charge in [0.2, 0.25) is 0 Å². The van der Waals surface area contributed by atoms with E-state index < -0.39 is 0 Å². The molecule has 0 aliphatic carbocycles. The first-order valence-corrected chi connectivity index (χ1v) is 12.1. The van der Waals surface area contributed by atoms with E-state index in [0.717, 1.165) is 23.9 Å². The zero-order valence-corrected chi connectivity index (χ0v) is 19.6. The van der Waals surface area contributed by atoms with E-state index in [1.165, 1.54) is 83.5 Å². The summed E-state index contributed by atoms with van der Waals surface area (Å²) in [7, 11) is 6.45. The SMILES string of the molecule is CCCCCCCC/C=C/CCCCCCCCOC(=O)CCC[N+](C)(C)C. The van der Waals surface area contributed by atoms with Crippen molar-refractivity contribution >= 4 is 5.97 Å². The molecule has 0 saturated carbocycles. The topological polar surface area (TPSA) is 26.3 Å². The molecular weight excluding hydrogens is 346 g/mol. The molecule has 0 radical (unpaired) electrons. The van der Waals surface area contributed by atoms with Crippen LogP contribution in [0.5, 0.6) is 0 Å². The van der Waals surface area contributed by atoms with Crippen LogP contribution in [0.25, 0.3) is 0 Å². The second kappa shape index (κ2) is 19.5. The van der Waals surface area contributed by atoms with Gasteiger partial charge in [-0.25, -0.2) is 0 Å². The molecule has 0 unspecified atom stereocenters. The minimum absolute atomic E-state index is 0.0267. The van der Waals surface area contributed by atoms with Gasteiger partial charge in [-0.15, -0.1) is 0 Å². The number of quaternary nitrogens is 1. The molecule has 0 amide bonds. The highest BCUT2D eigenvalue weighted by Crippen LogP contribution is 2.10. The summed E-state index contributed by atoms with van der Waals surface area (Å²) in [5, 5.41) is 0. The first kappa shape index (κ1) is 27.2. The van der Waals surface area contributed by atoms with E-state index in [4.69, 9.17) is 4.74 Å². The standard InChI is InChI=1S/C25H50NO2/c1-5-6-7-8-9-10-11-12-13-14-15-16-17-18-19-20-24-28-25(27)22-21-23-26(2,3)4/h12-13H,5-11,14-24H2,1-4H3/q+1/b13-12+. The summed E-state index contributed by atoms with van der Waals surface area (Å²) >= 11 is 0. The first-order valence-electron chi connectivity index (χ1n) is 12.1. The normalized spacial score (nSPS) is 12.0. The maximum atomic E-state index is 11.7. The van der Waals surface area contributed by atoms with Crippen molar-refractivity contribution in [3.63, 3.8) is 0 Å². The highest BCUT2D eigenvalue weighted by Gasteiger charge is 2.09. The second-order valence-electron chi connectivity index (χ2n) is 9.28. The van der Waals surface area contributed by atoms with Crippen molar-refractivity contribution in [2.45, 2.75) is 110 Å². The largest absolute Gasteiger partial charge is 0.466 e. The number of hydrogen-bond acceptors (Lipinski definition) is 2. The zero-order valence-electron chi connectivity index (χ0n) is 19.6. The van der Waals surface area contributed by atoms with E-state index >= 15 is 0 Å². The molecule has 0 aliphatic rings. The summed E-state index contributed by atoms with van der Waals surface area (Å²) in [6.07, 6.45) is 24.5. The van der Waals surface area contributed by atoms with Gasteiger partial charge in [0.05, 0.1) is 40.7 Å². The fourth-order valence-electron chi connectivity index (χ4n) is 3.31. The van der Waals surface area contributed by atoms with Crippen LogP contribution in [0.15, 0.2) is 12.2 Å². The Morgan fingerprint density at radius 2 is 1.21 bits per heavy atom. The van der Waals surface area contributed by atoms with Crippen LogP contribution in [0.4, 0.5) is 0 Å². The van der Waals surface area contributed by atoms with Crippen molar-refractivity contribution < 1.29 is 14.0 Å². The molecule has 0 aromatic heterocycles. The lowest BCUT2D eigenvalue weighted by Gasteiger charge is -2.23. The second-order valence-corrected chi connectivity index (χ2v) is 9.28. The highest BCUT2D eigenvalue weighted by molar-refractivity contribution is 5.69. The number of ether oxygens (including phenoxy) is 1. The van der Waals surface area contributed by atoms with Crippen LogP contribution in [0, 0.1) is 0 Å². The molecule has 0 aromatic rings. The van der Waals surface area contributed by atoms with Gasteiger partial charge in [0.15, 0.2) is 0 Å². The summed E-state index contributed by atoms with van der Waals surface area (Å²) in [6, 6.07) is 0. The number of hydrogen-bond donors (Lipinski definition) is 0. The predicted molar refractivity (Wildman–Crippen MR) is 123 cm³/mol. The number of allylic oxidation sites excluding steroid dienone is 2. The molecule has 0 bridgehead atoms. The smallest absolute Gasteiger partial charge is 0.306 e. The quantitative estimate of drug-likeness (QED) is 0.0953. The molecule has 0 spiro atoms. The van der Waals surface area contributed by atoms with Gasteiger partial charge < -0.3 is 9.22 Å². The lowest BCUT2D eigenvalue weighted by atomic mass is 10.1. The molecule has 0 rings (SSSR count). The molecule has 166 valence electrons. The van der Waals surface area contributed by atoms with Crippen molar-refractivity contribution in [3.05, 3.63) is 12.2 Å². The van der Waals surface area contributed by atoms with Gasteiger partial charge in [-0.1, -0.05) is 76.9 Å². The minimum Gasteiger partial charge on any atom is -0.466 e. The van der Waals surface area contributed by atoms with Crippen LogP contribution < -0.4 is 0 Å². The summed E-state index contributed by atoms with van der Waals surface area (Å²) in [5.74, 6) is -0.0267. The Bertz CT molecular complexity index is 371. The van der Waals surface area contributed by atoms with E-state index in [1.54, 1.807) is 0 Å². The number of carbonyl (C=O) groups is 1. The third kappa shape index (κ3) is 23.2. The Labute approximate surface area is 176 Å². The van der Waals surface area contributed by atoms with Crippen LogP contribution >= 0.6 is 0 Å². The highest BCUT2D eigenvalue weighted by atomic mass is 16.5. The van der Waals surface area contributed by atoms with E-state index in [2.05, 4.69) is 40.2 Å². The molecule has 0 N–H and O–H groups in total. The van der Waals surface area contributed by atoms with Crippen LogP contribution in [0.2, 0.25) is 0 Å². The molecule has 0 aliphatic heterocycles. The van der Waals surface area contributed by atoms with E-state index in [0.29, 0.717) is 13.0 Å². The molecular formula is C25H50NO2+. The minimum atomic E-state index is -0.0267. The Balaban J connectivity index is 3.23. The molecule has 3 nitrogen and oxygen atoms in total. The third-order valence-corrected chi connectivity index (χ3v) is 5.13. The fraction of sp³-hybridized carbons (Fsp3) is 0.880. The maximum absolute atomic E-state index is 11.7. The Kier molecular flexibility index (Phi) is 18.9. The maximum Gasteiger partial charge on any atom is 0.306 e. The number of nitrogens with zero attached hydrogens (tertiary/aromatic N) is 1. The zero-order chi connectivity index (χ0) is 20.9. The number of esters is 1. The van der Waals surface area contributed by atoms with Crippen molar-refractivity contribution in [1.29, 1.82) is 0 Å². The van der Waals surface area contributed by atoms with Gasteiger partial charge in [0.25, 0.3) is 0 Å². The number of carbonyl (C=O) groups excluding carboxylic acids is 1. The van der Waals surface area contributed by atoms with Gasteiger partial charge in [0.1, 0.15) is 0 Å². The number of rotatable bonds is 20. The van der Waals surface area contributed by atoms with Crippen LogP contribution in [-0.2, 0) is 9.53 Å². The Morgan fingerprint density at radius 1 is 0.714 bits per heavy atom. The van der Waals surface area contributed by atoms with Gasteiger partial charge in [-0.2, -0.15) is 0 Å². The average Bonchev–Trinajstić information content (AvgIpc) is 2.63. The average molecular weight is 397 g/mol. The monoisotopic (exact) mass is 396 g/mol. The van der Waals surface area contributed by atoms with Crippen molar-refractivity contribution in [2.24, 2.45) is 0 Å². The molecule has 28 heavy (non-hydrogen) atoms. The summed E-state index contributed by atoms with van der Waals surface area (Å²) in [4.78, 5) is 11.7. The summed E-state index contributed by atoms with van der Waals surface area (Å²) < 4.78 is 6.23. The van der Waals surface area contributed by atoms with Crippen molar-refractivity contribution in [1.82, 2.24) is 0 Å². The van der Waals surface area contributed by atoms with Gasteiger partial charge in [-0.3, -0.25) is 4.79 Å². The Morgan fingerprint density at radius 3 is 1.75 bits per heavy atom. The van der Waals surface area contributed by atoms with Crippen LogP contribution in [0.1, 0.15) is 110 Å².